The van der Waals surface area contributed by atoms with E-state index in [1.807, 2.05) is 0 Å². The van der Waals surface area contributed by atoms with E-state index in [4.69, 9.17) is 11.6 Å². The van der Waals surface area contributed by atoms with Gasteiger partial charge in [0.25, 0.3) is 0 Å². The summed E-state index contributed by atoms with van der Waals surface area (Å²) < 4.78 is 26.9. The molecule has 0 radical (unpaired) electrons. The average Bonchev–Trinajstić information content (AvgIpc) is 2.44. The molecule has 0 bridgehead atoms. The number of halogens is 3. The van der Waals surface area contributed by atoms with Crippen molar-refractivity contribution in [3.05, 3.63) is 52.2 Å². The number of amides is 1. The molecule has 1 aromatic heterocycles. The Labute approximate surface area is 136 Å². The maximum Gasteiger partial charge on any atom is 0.217 e. The highest BCUT2D eigenvalue weighted by atomic mass is 35.5. The second kappa shape index (κ2) is 6.83. The number of nitrogens with zero attached hydrogens (tertiary/aromatic N) is 1. The molecule has 0 spiro atoms. The van der Waals surface area contributed by atoms with Gasteiger partial charge in [-0.25, -0.2) is 13.8 Å². The van der Waals surface area contributed by atoms with Crippen molar-refractivity contribution in [3.63, 3.8) is 0 Å². The van der Waals surface area contributed by atoms with Crippen molar-refractivity contribution in [2.75, 3.05) is 0 Å². The van der Waals surface area contributed by atoms with Crippen LogP contribution < -0.4 is 5.32 Å². The van der Waals surface area contributed by atoms with Crippen LogP contribution in [-0.2, 0) is 11.3 Å². The van der Waals surface area contributed by atoms with Gasteiger partial charge in [0, 0.05) is 24.1 Å². The molecular weight excluding hydrogens is 326 g/mol. The number of carbonyl (C=O) groups excluding carboxylic acids is 2. The van der Waals surface area contributed by atoms with Crippen molar-refractivity contribution in [1.29, 1.82) is 0 Å². The topological polar surface area (TPSA) is 59.1 Å². The Bertz CT molecular complexity index is 774. The summed E-state index contributed by atoms with van der Waals surface area (Å²) in [6, 6.07) is 4.26. The molecule has 120 valence electrons. The summed E-state index contributed by atoms with van der Waals surface area (Å²) in [5.74, 6) is -2.19. The largest absolute Gasteiger partial charge is 0.351 e. The van der Waals surface area contributed by atoms with E-state index in [2.05, 4.69) is 10.3 Å². The van der Waals surface area contributed by atoms with Crippen molar-refractivity contribution in [1.82, 2.24) is 10.3 Å². The molecule has 4 nitrogen and oxygen atoms in total. The highest BCUT2D eigenvalue weighted by Gasteiger charge is 2.17. The van der Waals surface area contributed by atoms with Crippen molar-refractivity contribution in [2.24, 2.45) is 0 Å². The summed E-state index contributed by atoms with van der Waals surface area (Å²) >= 11 is 6.06. The lowest BCUT2D eigenvalue weighted by atomic mass is 10.0. The highest BCUT2D eigenvalue weighted by molar-refractivity contribution is 6.31. The zero-order valence-corrected chi connectivity index (χ0v) is 13.2. The van der Waals surface area contributed by atoms with Crippen LogP contribution >= 0.6 is 11.6 Å². The zero-order valence-electron chi connectivity index (χ0n) is 12.4. The van der Waals surface area contributed by atoms with Gasteiger partial charge in [-0.05, 0) is 25.1 Å². The van der Waals surface area contributed by atoms with E-state index in [1.165, 1.54) is 19.9 Å². The molecule has 0 unspecified atom stereocenters. The Hall–Kier alpha value is -2.34. The first-order valence-corrected chi connectivity index (χ1v) is 7.07. The Morgan fingerprint density at radius 2 is 1.74 bits per heavy atom. The standard InChI is InChI=1S/C16H13ClF2N2O2/c1-8(22)13-6-14(17)15(7-20-9(2)23)21-16(13)10-3-11(18)5-12(19)4-10/h3-6H,7H2,1-2H3,(H,20,23). The average molecular weight is 339 g/mol. The summed E-state index contributed by atoms with van der Waals surface area (Å²) in [4.78, 5) is 27.0. The molecule has 0 saturated carbocycles. The number of rotatable bonds is 4. The van der Waals surface area contributed by atoms with Gasteiger partial charge in [-0.1, -0.05) is 11.6 Å². The van der Waals surface area contributed by atoms with Gasteiger partial charge in [-0.2, -0.15) is 0 Å². The molecule has 0 atom stereocenters. The molecule has 2 rings (SSSR count). The van der Waals surface area contributed by atoms with E-state index >= 15 is 0 Å². The lowest BCUT2D eigenvalue weighted by Crippen LogP contribution is -2.20. The van der Waals surface area contributed by atoms with Gasteiger partial charge in [0.2, 0.25) is 5.91 Å². The molecule has 23 heavy (non-hydrogen) atoms. The number of hydrogen-bond acceptors (Lipinski definition) is 3. The third-order valence-corrected chi connectivity index (χ3v) is 3.40. The van der Waals surface area contributed by atoms with Crippen molar-refractivity contribution >= 4 is 23.3 Å². The predicted molar refractivity (Wildman–Crippen MR) is 82.1 cm³/mol. The number of aromatic nitrogens is 1. The first kappa shape index (κ1) is 17.0. The van der Waals surface area contributed by atoms with E-state index < -0.39 is 11.6 Å². The van der Waals surface area contributed by atoms with Crippen LogP contribution in [0, 0.1) is 11.6 Å². The second-order valence-corrected chi connectivity index (χ2v) is 5.34. The Morgan fingerprint density at radius 1 is 1.13 bits per heavy atom. The fourth-order valence-corrected chi connectivity index (χ4v) is 2.26. The minimum atomic E-state index is -0.783. The summed E-state index contributed by atoms with van der Waals surface area (Å²) in [7, 11) is 0. The van der Waals surface area contributed by atoms with Gasteiger partial charge >= 0.3 is 0 Å². The third kappa shape index (κ3) is 4.10. The van der Waals surface area contributed by atoms with Gasteiger partial charge in [0.15, 0.2) is 5.78 Å². The first-order chi connectivity index (χ1) is 10.8. The number of hydrogen-bond donors (Lipinski definition) is 1. The molecule has 1 N–H and O–H groups in total. The van der Waals surface area contributed by atoms with Gasteiger partial charge in [-0.15, -0.1) is 0 Å². The Balaban J connectivity index is 2.60. The van der Waals surface area contributed by atoms with Gasteiger partial charge in [0.05, 0.1) is 23.0 Å². The number of pyridine rings is 1. The smallest absolute Gasteiger partial charge is 0.217 e. The Morgan fingerprint density at radius 3 is 2.26 bits per heavy atom. The molecule has 7 heteroatoms. The van der Waals surface area contributed by atoms with Crippen LogP contribution in [0.4, 0.5) is 8.78 Å². The third-order valence-electron chi connectivity index (χ3n) is 3.07. The number of Topliss-reactive ketones (excluding diaryl/α,β-unsaturated/α-hetero) is 1. The number of ketones is 1. The minimum Gasteiger partial charge on any atom is -0.351 e. The van der Waals surface area contributed by atoms with Crippen LogP contribution in [-0.4, -0.2) is 16.7 Å². The summed E-state index contributed by atoms with van der Waals surface area (Å²) in [5.41, 5.74) is 0.673. The fourth-order valence-electron chi connectivity index (χ4n) is 2.04. The minimum absolute atomic E-state index is 0.0388. The second-order valence-electron chi connectivity index (χ2n) is 4.94. The molecule has 1 aromatic carbocycles. The summed E-state index contributed by atoms with van der Waals surface area (Å²) in [5, 5.41) is 2.72. The number of benzene rings is 1. The van der Waals surface area contributed by atoms with E-state index in [0.717, 1.165) is 18.2 Å². The quantitative estimate of drug-likeness (QED) is 0.868. The molecule has 0 saturated heterocycles. The first-order valence-electron chi connectivity index (χ1n) is 6.69. The molecule has 1 amide bonds. The van der Waals surface area contributed by atoms with Crippen molar-refractivity contribution in [3.8, 4) is 11.3 Å². The van der Waals surface area contributed by atoms with E-state index in [1.54, 1.807) is 0 Å². The molecule has 0 aliphatic carbocycles. The van der Waals surface area contributed by atoms with Gasteiger partial charge in [-0.3, -0.25) is 9.59 Å². The van der Waals surface area contributed by atoms with Crippen LogP contribution in [0.1, 0.15) is 29.9 Å². The van der Waals surface area contributed by atoms with E-state index in [-0.39, 0.29) is 40.1 Å². The maximum absolute atomic E-state index is 13.4. The summed E-state index contributed by atoms with van der Waals surface area (Å²) in [6.45, 7) is 2.68. The molecule has 1 heterocycles. The molecule has 0 fully saturated rings. The normalized spacial score (nSPS) is 10.5. The maximum atomic E-state index is 13.4. The molecule has 0 aliphatic rings. The predicted octanol–water partition coefficient (Wildman–Crippen LogP) is 3.52. The molecular formula is C16H13ClF2N2O2. The van der Waals surface area contributed by atoms with Crippen LogP contribution in [0.5, 0.6) is 0 Å². The number of nitrogens with one attached hydrogen (secondary N) is 1. The molecule has 2 aromatic rings. The lowest BCUT2D eigenvalue weighted by molar-refractivity contribution is -0.119. The molecule has 0 aliphatic heterocycles. The van der Waals surface area contributed by atoms with Crippen molar-refractivity contribution < 1.29 is 18.4 Å². The Kier molecular flexibility index (Phi) is 5.05. The van der Waals surface area contributed by atoms with Crippen LogP contribution in [0.15, 0.2) is 24.3 Å². The van der Waals surface area contributed by atoms with Crippen LogP contribution in [0.3, 0.4) is 0 Å². The fraction of sp³-hybridized carbons (Fsp3) is 0.188. The monoisotopic (exact) mass is 338 g/mol. The van der Waals surface area contributed by atoms with Crippen LogP contribution in [0.25, 0.3) is 11.3 Å². The number of carbonyl (C=O) groups is 2. The SMILES string of the molecule is CC(=O)NCc1nc(-c2cc(F)cc(F)c2)c(C(C)=O)cc1Cl. The van der Waals surface area contributed by atoms with Gasteiger partial charge in [0.1, 0.15) is 11.6 Å². The van der Waals surface area contributed by atoms with E-state index in [0.29, 0.717) is 5.69 Å². The zero-order chi connectivity index (χ0) is 17.1. The van der Waals surface area contributed by atoms with Crippen molar-refractivity contribution in [2.45, 2.75) is 20.4 Å². The van der Waals surface area contributed by atoms with Crippen LogP contribution in [0.2, 0.25) is 5.02 Å². The lowest BCUT2D eigenvalue weighted by Gasteiger charge is -2.12. The van der Waals surface area contributed by atoms with Gasteiger partial charge < -0.3 is 5.32 Å². The highest BCUT2D eigenvalue weighted by Crippen LogP contribution is 2.28. The summed E-state index contributed by atoms with van der Waals surface area (Å²) in [6.07, 6.45) is 0. The van der Waals surface area contributed by atoms with E-state index in [9.17, 15) is 18.4 Å².